The SMILES string of the molecule is COc1cc(Br)c(C(=O)c2cccc(Cl)c2N)c(OC)c1. The van der Waals surface area contributed by atoms with Gasteiger partial charge < -0.3 is 15.2 Å². The summed E-state index contributed by atoms with van der Waals surface area (Å²) >= 11 is 9.33. The number of hydrogen-bond acceptors (Lipinski definition) is 4. The predicted molar refractivity (Wildman–Crippen MR) is 86.5 cm³/mol. The largest absolute Gasteiger partial charge is 0.497 e. The maximum atomic E-state index is 12.7. The van der Waals surface area contributed by atoms with Crippen molar-refractivity contribution >= 4 is 39.0 Å². The number of rotatable bonds is 4. The van der Waals surface area contributed by atoms with E-state index in [1.54, 1.807) is 30.3 Å². The molecule has 2 aromatic rings. The van der Waals surface area contributed by atoms with Crippen molar-refractivity contribution in [1.29, 1.82) is 0 Å². The van der Waals surface area contributed by atoms with Gasteiger partial charge in [0.25, 0.3) is 0 Å². The molecule has 0 fully saturated rings. The highest BCUT2D eigenvalue weighted by atomic mass is 79.9. The number of ether oxygens (including phenoxy) is 2. The number of ketones is 1. The molecule has 110 valence electrons. The van der Waals surface area contributed by atoms with Crippen LogP contribution < -0.4 is 15.2 Å². The van der Waals surface area contributed by atoms with E-state index in [0.717, 1.165) is 0 Å². The van der Waals surface area contributed by atoms with Gasteiger partial charge in [0.05, 0.1) is 30.5 Å². The van der Waals surface area contributed by atoms with E-state index in [2.05, 4.69) is 15.9 Å². The molecule has 0 aromatic heterocycles. The first-order chi connectivity index (χ1) is 9.99. The van der Waals surface area contributed by atoms with E-state index in [1.165, 1.54) is 14.2 Å². The summed E-state index contributed by atoms with van der Waals surface area (Å²) in [6.07, 6.45) is 0. The Morgan fingerprint density at radius 2 is 1.95 bits per heavy atom. The Balaban J connectivity index is 2.60. The first-order valence-electron chi connectivity index (χ1n) is 5.99. The lowest BCUT2D eigenvalue weighted by Gasteiger charge is -2.13. The van der Waals surface area contributed by atoms with Crippen LogP contribution in [-0.4, -0.2) is 20.0 Å². The van der Waals surface area contributed by atoms with Gasteiger partial charge in [0.1, 0.15) is 11.5 Å². The third-order valence-electron chi connectivity index (χ3n) is 3.01. The molecular formula is C15H13BrClNO3. The molecule has 2 N–H and O–H groups in total. The molecule has 0 radical (unpaired) electrons. The molecule has 0 amide bonds. The number of para-hydroxylation sites is 1. The molecule has 0 bridgehead atoms. The summed E-state index contributed by atoms with van der Waals surface area (Å²) in [5.41, 5.74) is 6.82. The number of hydrogen-bond donors (Lipinski definition) is 1. The lowest BCUT2D eigenvalue weighted by molar-refractivity contribution is 0.103. The first kappa shape index (κ1) is 15.7. The van der Waals surface area contributed by atoms with E-state index >= 15 is 0 Å². The number of nitrogen functional groups attached to an aromatic ring is 1. The van der Waals surface area contributed by atoms with Crippen LogP contribution in [0.5, 0.6) is 11.5 Å². The molecule has 2 rings (SSSR count). The molecule has 0 aliphatic carbocycles. The normalized spacial score (nSPS) is 10.3. The van der Waals surface area contributed by atoms with Gasteiger partial charge in [-0.2, -0.15) is 0 Å². The third kappa shape index (κ3) is 2.99. The molecular weight excluding hydrogens is 358 g/mol. The zero-order chi connectivity index (χ0) is 15.6. The highest BCUT2D eigenvalue weighted by Gasteiger charge is 2.22. The van der Waals surface area contributed by atoms with Crippen LogP contribution in [-0.2, 0) is 0 Å². The minimum absolute atomic E-state index is 0.244. The van der Waals surface area contributed by atoms with E-state index in [4.69, 9.17) is 26.8 Å². The number of benzene rings is 2. The molecule has 6 heteroatoms. The molecule has 0 aliphatic rings. The smallest absolute Gasteiger partial charge is 0.200 e. The van der Waals surface area contributed by atoms with Crippen molar-refractivity contribution in [2.45, 2.75) is 0 Å². The van der Waals surface area contributed by atoms with E-state index < -0.39 is 0 Å². The van der Waals surface area contributed by atoms with Crippen LogP contribution in [0.4, 0.5) is 5.69 Å². The third-order valence-corrected chi connectivity index (χ3v) is 3.96. The van der Waals surface area contributed by atoms with Crippen molar-refractivity contribution in [3.63, 3.8) is 0 Å². The summed E-state index contributed by atoms with van der Waals surface area (Å²) in [5.74, 6) is 0.696. The van der Waals surface area contributed by atoms with Gasteiger partial charge >= 0.3 is 0 Å². The second kappa shape index (κ2) is 6.37. The topological polar surface area (TPSA) is 61.5 Å². The average molecular weight is 371 g/mol. The summed E-state index contributed by atoms with van der Waals surface area (Å²) in [6.45, 7) is 0. The summed E-state index contributed by atoms with van der Waals surface area (Å²) < 4.78 is 11.0. The van der Waals surface area contributed by atoms with E-state index in [1.807, 2.05) is 0 Å². The predicted octanol–water partition coefficient (Wildman–Crippen LogP) is 3.93. The molecule has 0 heterocycles. The van der Waals surface area contributed by atoms with Crippen LogP contribution in [0, 0.1) is 0 Å². The van der Waals surface area contributed by atoms with Gasteiger partial charge in [-0.25, -0.2) is 0 Å². The van der Waals surface area contributed by atoms with E-state index in [9.17, 15) is 4.79 Å². The Morgan fingerprint density at radius 1 is 1.24 bits per heavy atom. The van der Waals surface area contributed by atoms with Gasteiger partial charge in [0.2, 0.25) is 0 Å². The van der Waals surface area contributed by atoms with Crippen LogP contribution >= 0.6 is 27.5 Å². The summed E-state index contributed by atoms with van der Waals surface area (Å²) in [6, 6.07) is 8.26. The molecule has 4 nitrogen and oxygen atoms in total. The van der Waals surface area contributed by atoms with Crippen molar-refractivity contribution in [1.82, 2.24) is 0 Å². The fourth-order valence-electron chi connectivity index (χ4n) is 1.93. The maximum absolute atomic E-state index is 12.7. The van der Waals surface area contributed by atoms with Crippen molar-refractivity contribution in [2.24, 2.45) is 0 Å². The minimum Gasteiger partial charge on any atom is -0.497 e. The Hall–Kier alpha value is -1.72. The second-order valence-corrected chi connectivity index (χ2v) is 5.48. The molecule has 21 heavy (non-hydrogen) atoms. The van der Waals surface area contributed by atoms with Crippen molar-refractivity contribution < 1.29 is 14.3 Å². The number of nitrogens with two attached hydrogens (primary N) is 1. The highest BCUT2D eigenvalue weighted by Crippen LogP contribution is 2.35. The lowest BCUT2D eigenvalue weighted by atomic mass is 10.0. The average Bonchev–Trinajstić information content (AvgIpc) is 2.48. The summed E-state index contributed by atoms with van der Waals surface area (Å²) in [5, 5.41) is 0.337. The van der Waals surface area contributed by atoms with Crippen LogP contribution in [0.2, 0.25) is 5.02 Å². The monoisotopic (exact) mass is 369 g/mol. The number of halogens is 2. The minimum atomic E-state index is -0.277. The van der Waals surface area contributed by atoms with Gasteiger partial charge in [0.15, 0.2) is 5.78 Å². The quantitative estimate of drug-likeness (QED) is 0.654. The van der Waals surface area contributed by atoms with Gasteiger partial charge in [0, 0.05) is 16.1 Å². The number of anilines is 1. The maximum Gasteiger partial charge on any atom is 0.200 e. The summed E-state index contributed by atoms with van der Waals surface area (Å²) in [4.78, 5) is 12.7. The molecule has 0 aliphatic heterocycles. The Kier molecular flexibility index (Phi) is 4.75. The van der Waals surface area contributed by atoms with E-state index in [-0.39, 0.29) is 11.5 Å². The van der Waals surface area contributed by atoms with Gasteiger partial charge in [-0.15, -0.1) is 0 Å². The molecule has 0 unspecified atom stereocenters. The van der Waals surface area contributed by atoms with E-state index in [0.29, 0.717) is 32.1 Å². The molecule has 2 aromatic carbocycles. The second-order valence-electron chi connectivity index (χ2n) is 4.22. The fraction of sp³-hybridized carbons (Fsp3) is 0.133. The lowest BCUT2D eigenvalue weighted by Crippen LogP contribution is -2.08. The Bertz CT molecular complexity index is 704. The zero-order valence-corrected chi connectivity index (χ0v) is 13.8. The first-order valence-corrected chi connectivity index (χ1v) is 7.17. The van der Waals surface area contributed by atoms with Gasteiger partial charge in [-0.1, -0.05) is 17.7 Å². The molecule has 0 saturated heterocycles. The molecule has 0 saturated carbocycles. The van der Waals surface area contributed by atoms with Gasteiger partial charge in [-0.3, -0.25) is 4.79 Å². The van der Waals surface area contributed by atoms with Crippen molar-refractivity contribution in [3.05, 3.63) is 51.0 Å². The number of methoxy groups -OCH3 is 2. The van der Waals surface area contributed by atoms with Crippen molar-refractivity contribution in [2.75, 3.05) is 20.0 Å². The number of carbonyl (C=O) groups is 1. The van der Waals surface area contributed by atoms with Crippen molar-refractivity contribution in [3.8, 4) is 11.5 Å². The molecule has 0 atom stereocenters. The Labute approximate surface area is 135 Å². The number of carbonyl (C=O) groups excluding carboxylic acids is 1. The Morgan fingerprint density at radius 3 is 2.57 bits per heavy atom. The highest BCUT2D eigenvalue weighted by molar-refractivity contribution is 9.10. The van der Waals surface area contributed by atoms with Crippen LogP contribution in [0.1, 0.15) is 15.9 Å². The van der Waals surface area contributed by atoms with Gasteiger partial charge in [-0.05, 0) is 34.1 Å². The van der Waals surface area contributed by atoms with Crippen LogP contribution in [0.25, 0.3) is 0 Å². The van der Waals surface area contributed by atoms with Crippen LogP contribution in [0.3, 0.4) is 0 Å². The molecule has 0 spiro atoms. The zero-order valence-electron chi connectivity index (χ0n) is 11.4. The summed E-state index contributed by atoms with van der Waals surface area (Å²) in [7, 11) is 3.02. The standard InChI is InChI=1S/C15H13BrClNO3/c1-20-8-6-10(16)13(12(7-8)21-2)15(19)9-4-3-5-11(17)14(9)18/h3-7H,18H2,1-2H3. The van der Waals surface area contributed by atoms with Crippen LogP contribution in [0.15, 0.2) is 34.8 Å². The fourth-order valence-corrected chi connectivity index (χ4v) is 2.70.